The number of aldehydes is 1. The van der Waals surface area contributed by atoms with Crippen LogP contribution in [0, 0.1) is 0 Å². The minimum atomic E-state index is -0.599. The number of benzene rings is 1. The molecule has 2 fully saturated rings. The maximum absolute atomic E-state index is 12.1. The van der Waals surface area contributed by atoms with E-state index in [0.717, 1.165) is 43.9 Å². The van der Waals surface area contributed by atoms with Gasteiger partial charge in [0.15, 0.2) is 6.29 Å². The van der Waals surface area contributed by atoms with E-state index in [9.17, 15) is 4.79 Å². The average Bonchev–Trinajstić information content (AvgIpc) is 2.89. The summed E-state index contributed by atoms with van der Waals surface area (Å²) < 4.78 is 12.3. The van der Waals surface area contributed by atoms with Crippen molar-refractivity contribution in [2.75, 3.05) is 4.90 Å². The zero-order valence-corrected chi connectivity index (χ0v) is 18.1. The lowest BCUT2D eigenvalue weighted by molar-refractivity contribution is 0.00578. The molecule has 2 aliphatic heterocycles. The molecule has 4 N–H and O–H groups in total. The molecule has 3 aliphatic rings. The summed E-state index contributed by atoms with van der Waals surface area (Å²) in [6.07, 6.45) is 5.62. The number of carbonyl (C=O) groups is 1. The van der Waals surface area contributed by atoms with E-state index in [1.165, 1.54) is 0 Å². The number of guanidine groups is 2. The zero-order chi connectivity index (χ0) is 21.7. The van der Waals surface area contributed by atoms with E-state index in [2.05, 4.69) is 9.98 Å². The van der Waals surface area contributed by atoms with Gasteiger partial charge in [-0.2, -0.15) is 4.99 Å². The summed E-state index contributed by atoms with van der Waals surface area (Å²) in [7, 11) is -0.549. The molecule has 1 saturated carbocycles. The van der Waals surface area contributed by atoms with Crippen LogP contribution < -0.4 is 21.8 Å². The Labute approximate surface area is 177 Å². The van der Waals surface area contributed by atoms with E-state index in [1.807, 2.05) is 44.7 Å². The average molecular weight is 411 g/mol. The van der Waals surface area contributed by atoms with Crippen molar-refractivity contribution in [2.24, 2.45) is 21.5 Å². The Morgan fingerprint density at radius 2 is 1.70 bits per heavy atom. The first-order valence-corrected chi connectivity index (χ1v) is 10.5. The fourth-order valence-electron chi connectivity index (χ4n) is 4.47. The number of hydrogen-bond donors (Lipinski definition) is 2. The molecule has 0 unspecified atom stereocenters. The highest BCUT2D eigenvalue weighted by Gasteiger charge is 2.52. The molecule has 0 bridgehead atoms. The topological polar surface area (TPSA) is 116 Å². The molecule has 1 aromatic carbocycles. The predicted octanol–water partition coefficient (Wildman–Crippen LogP) is 1.91. The normalized spacial score (nSPS) is 24.5. The molecular weight excluding hydrogens is 381 g/mol. The van der Waals surface area contributed by atoms with Crippen molar-refractivity contribution in [1.29, 1.82) is 0 Å². The van der Waals surface area contributed by atoms with Crippen molar-refractivity contribution in [3.8, 4) is 0 Å². The molecule has 0 amide bonds. The van der Waals surface area contributed by atoms with Crippen molar-refractivity contribution in [1.82, 2.24) is 0 Å². The van der Waals surface area contributed by atoms with E-state index < -0.39 is 24.0 Å². The lowest BCUT2D eigenvalue weighted by Crippen LogP contribution is -2.58. The first kappa shape index (κ1) is 20.9. The Morgan fingerprint density at radius 3 is 2.30 bits per heavy atom. The number of carbonyl (C=O) groups excluding carboxylic acids is 1. The lowest BCUT2D eigenvalue weighted by Gasteiger charge is -2.46. The third-order valence-corrected chi connectivity index (χ3v) is 6.80. The highest BCUT2D eigenvalue weighted by molar-refractivity contribution is 6.62. The van der Waals surface area contributed by atoms with Crippen LogP contribution in [0.2, 0.25) is 0 Å². The van der Waals surface area contributed by atoms with Crippen LogP contribution in [0.4, 0.5) is 5.69 Å². The summed E-state index contributed by atoms with van der Waals surface area (Å²) in [5.41, 5.74) is 12.7. The van der Waals surface area contributed by atoms with Crippen LogP contribution in [-0.2, 0) is 9.31 Å². The fraction of sp³-hybridized carbons (Fsp3) is 0.571. The molecule has 0 atom stereocenters. The summed E-state index contributed by atoms with van der Waals surface area (Å²) >= 11 is 0. The second-order valence-corrected chi connectivity index (χ2v) is 9.34. The Hall–Kier alpha value is -2.39. The standard InChI is InChI=1S/C21H30BN5O3/c1-19(2)20(3,4)30-22(29-19)15-8-9-16(14(12-15)13-28)27-18(24)25-17(23)26-21(27)10-6-5-7-11-21/h8-9,12-13H,5-7,10-11H2,1-4H3,(H4,23,24,25,26). The summed E-state index contributed by atoms with van der Waals surface area (Å²) in [5, 5.41) is 0. The van der Waals surface area contributed by atoms with Crippen molar-refractivity contribution >= 4 is 36.5 Å². The maximum Gasteiger partial charge on any atom is 0.494 e. The number of anilines is 1. The molecule has 1 aliphatic carbocycles. The van der Waals surface area contributed by atoms with Gasteiger partial charge in [0, 0.05) is 5.56 Å². The van der Waals surface area contributed by atoms with Crippen LogP contribution in [0.15, 0.2) is 28.2 Å². The van der Waals surface area contributed by atoms with E-state index in [0.29, 0.717) is 11.3 Å². The number of hydrogen-bond acceptors (Lipinski definition) is 8. The summed E-state index contributed by atoms with van der Waals surface area (Å²) in [6, 6.07) is 5.59. The quantitative estimate of drug-likeness (QED) is 0.580. The molecule has 2 heterocycles. The van der Waals surface area contributed by atoms with Gasteiger partial charge in [0.25, 0.3) is 0 Å². The first-order chi connectivity index (χ1) is 14.1. The SMILES string of the molecule is CC1(C)OB(c2ccc(N3C(N)=NC(N)=NC34CCCCC4)c(C=O)c2)OC1(C)C. The van der Waals surface area contributed by atoms with Gasteiger partial charge in [0.1, 0.15) is 5.66 Å². The van der Waals surface area contributed by atoms with Gasteiger partial charge in [-0.05, 0) is 71.0 Å². The van der Waals surface area contributed by atoms with Crippen LogP contribution in [0.3, 0.4) is 0 Å². The van der Waals surface area contributed by atoms with Crippen LogP contribution in [0.1, 0.15) is 70.2 Å². The number of rotatable bonds is 3. The van der Waals surface area contributed by atoms with E-state index in [-0.39, 0.29) is 11.9 Å². The molecule has 9 heteroatoms. The second kappa shape index (κ2) is 7.09. The minimum Gasteiger partial charge on any atom is -0.399 e. The Bertz CT molecular complexity index is 905. The van der Waals surface area contributed by atoms with Crippen molar-refractivity contribution in [2.45, 2.75) is 76.7 Å². The highest BCUT2D eigenvalue weighted by Crippen LogP contribution is 2.41. The van der Waals surface area contributed by atoms with Gasteiger partial charge in [-0.25, -0.2) is 4.99 Å². The Kier molecular flexibility index (Phi) is 4.94. The lowest BCUT2D eigenvalue weighted by atomic mass is 9.78. The molecule has 30 heavy (non-hydrogen) atoms. The van der Waals surface area contributed by atoms with Gasteiger partial charge in [-0.3, -0.25) is 9.69 Å². The van der Waals surface area contributed by atoms with Gasteiger partial charge in [0.2, 0.25) is 11.9 Å². The van der Waals surface area contributed by atoms with Crippen molar-refractivity contribution in [3.05, 3.63) is 23.8 Å². The third-order valence-electron chi connectivity index (χ3n) is 6.80. The van der Waals surface area contributed by atoms with Crippen LogP contribution in [0.25, 0.3) is 0 Å². The van der Waals surface area contributed by atoms with Crippen molar-refractivity contribution < 1.29 is 14.1 Å². The number of aliphatic imine (C=N–C) groups is 2. The summed E-state index contributed by atoms with van der Waals surface area (Å²) in [5.74, 6) is 0.447. The molecule has 0 radical (unpaired) electrons. The smallest absolute Gasteiger partial charge is 0.399 e. The summed E-state index contributed by atoms with van der Waals surface area (Å²) in [4.78, 5) is 22.8. The van der Waals surface area contributed by atoms with E-state index in [1.54, 1.807) is 6.07 Å². The molecular formula is C21H30BN5O3. The second-order valence-electron chi connectivity index (χ2n) is 9.34. The molecule has 8 nitrogen and oxygen atoms in total. The number of nitrogens with zero attached hydrogens (tertiary/aromatic N) is 3. The van der Waals surface area contributed by atoms with Crippen LogP contribution >= 0.6 is 0 Å². The highest BCUT2D eigenvalue weighted by atomic mass is 16.7. The minimum absolute atomic E-state index is 0.187. The molecule has 4 rings (SSSR count). The molecule has 0 aromatic heterocycles. The van der Waals surface area contributed by atoms with Gasteiger partial charge in [0.05, 0.1) is 16.9 Å². The van der Waals surface area contributed by atoms with Crippen molar-refractivity contribution in [3.63, 3.8) is 0 Å². The van der Waals surface area contributed by atoms with Crippen LogP contribution in [-0.4, -0.2) is 42.2 Å². The first-order valence-electron chi connectivity index (χ1n) is 10.5. The predicted molar refractivity (Wildman–Crippen MR) is 119 cm³/mol. The Morgan fingerprint density at radius 1 is 1.07 bits per heavy atom. The monoisotopic (exact) mass is 411 g/mol. The van der Waals surface area contributed by atoms with Gasteiger partial charge < -0.3 is 20.8 Å². The maximum atomic E-state index is 12.1. The largest absolute Gasteiger partial charge is 0.494 e. The van der Waals surface area contributed by atoms with E-state index >= 15 is 0 Å². The molecule has 160 valence electrons. The third kappa shape index (κ3) is 3.30. The van der Waals surface area contributed by atoms with E-state index in [4.69, 9.17) is 20.8 Å². The van der Waals surface area contributed by atoms with Gasteiger partial charge in [-0.1, -0.05) is 12.5 Å². The molecule has 1 aromatic rings. The summed E-state index contributed by atoms with van der Waals surface area (Å²) in [6.45, 7) is 8.01. The zero-order valence-electron chi connectivity index (χ0n) is 18.1. The number of nitrogens with two attached hydrogens (primary N) is 2. The van der Waals surface area contributed by atoms with Gasteiger partial charge >= 0.3 is 7.12 Å². The molecule has 1 spiro atoms. The fourth-order valence-corrected chi connectivity index (χ4v) is 4.47. The molecule has 1 saturated heterocycles. The van der Waals surface area contributed by atoms with Crippen LogP contribution in [0.5, 0.6) is 0 Å². The Balaban J connectivity index is 1.73. The van der Waals surface area contributed by atoms with Gasteiger partial charge in [-0.15, -0.1) is 0 Å².